The lowest BCUT2D eigenvalue weighted by atomic mass is 9.83. The zero-order chi connectivity index (χ0) is 16.6. The molecular formula is C20H21NO3. The van der Waals surface area contributed by atoms with E-state index < -0.39 is 0 Å². The Labute approximate surface area is 142 Å². The second-order valence-corrected chi connectivity index (χ2v) is 6.43. The van der Waals surface area contributed by atoms with Crippen molar-refractivity contribution in [1.82, 2.24) is 4.90 Å². The summed E-state index contributed by atoms with van der Waals surface area (Å²) in [7, 11) is 1.60. The van der Waals surface area contributed by atoms with Gasteiger partial charge in [-0.05, 0) is 36.1 Å². The van der Waals surface area contributed by atoms with Gasteiger partial charge in [-0.1, -0.05) is 36.4 Å². The lowest BCUT2D eigenvalue weighted by Gasteiger charge is -2.39. The number of rotatable bonds is 2. The van der Waals surface area contributed by atoms with Gasteiger partial charge < -0.3 is 14.4 Å². The molecule has 4 rings (SSSR count). The zero-order valence-corrected chi connectivity index (χ0v) is 13.8. The van der Waals surface area contributed by atoms with Gasteiger partial charge in [0.15, 0.2) is 0 Å². The van der Waals surface area contributed by atoms with Crippen LogP contribution in [0.3, 0.4) is 0 Å². The van der Waals surface area contributed by atoms with Gasteiger partial charge in [-0.15, -0.1) is 0 Å². The third kappa shape index (κ3) is 2.38. The Morgan fingerprint density at radius 2 is 1.79 bits per heavy atom. The smallest absolute Gasteiger partial charge is 0.257 e. The highest BCUT2D eigenvalue weighted by molar-refractivity contribution is 5.97. The molecule has 124 valence electrons. The molecule has 0 unspecified atom stereocenters. The van der Waals surface area contributed by atoms with Gasteiger partial charge in [-0.3, -0.25) is 4.79 Å². The van der Waals surface area contributed by atoms with Crippen LogP contribution in [0, 0.1) is 0 Å². The van der Waals surface area contributed by atoms with Crippen molar-refractivity contribution >= 4 is 5.91 Å². The molecule has 2 aliphatic heterocycles. The molecule has 0 aliphatic carbocycles. The molecule has 1 spiro atoms. The molecule has 4 heteroatoms. The van der Waals surface area contributed by atoms with Gasteiger partial charge in [0, 0.05) is 13.1 Å². The molecule has 1 amide bonds. The van der Waals surface area contributed by atoms with Gasteiger partial charge in [-0.2, -0.15) is 0 Å². The third-order valence-corrected chi connectivity index (χ3v) is 5.21. The summed E-state index contributed by atoms with van der Waals surface area (Å²) in [5.74, 6) is 0.666. The van der Waals surface area contributed by atoms with Crippen LogP contribution >= 0.6 is 0 Å². The van der Waals surface area contributed by atoms with Crippen molar-refractivity contribution in [2.75, 3.05) is 20.2 Å². The molecule has 0 saturated carbocycles. The van der Waals surface area contributed by atoms with Gasteiger partial charge in [0.1, 0.15) is 5.75 Å². The quantitative estimate of drug-likeness (QED) is 0.851. The first-order valence-electron chi connectivity index (χ1n) is 8.38. The van der Waals surface area contributed by atoms with E-state index in [2.05, 4.69) is 24.3 Å². The van der Waals surface area contributed by atoms with Crippen LogP contribution in [0.4, 0.5) is 0 Å². The molecule has 1 fully saturated rings. The number of methoxy groups -OCH3 is 1. The van der Waals surface area contributed by atoms with Crippen molar-refractivity contribution in [1.29, 1.82) is 0 Å². The molecule has 0 radical (unpaired) electrons. The number of nitrogens with zero attached hydrogens (tertiary/aromatic N) is 1. The van der Waals surface area contributed by atoms with E-state index in [-0.39, 0.29) is 11.5 Å². The number of piperidine rings is 1. The number of hydrogen-bond donors (Lipinski definition) is 0. The van der Waals surface area contributed by atoms with Crippen LogP contribution < -0.4 is 4.74 Å². The van der Waals surface area contributed by atoms with E-state index in [1.165, 1.54) is 11.1 Å². The average molecular weight is 323 g/mol. The molecule has 0 N–H and O–H groups in total. The first kappa shape index (κ1) is 15.2. The van der Waals surface area contributed by atoms with Crippen LogP contribution in [0.2, 0.25) is 0 Å². The van der Waals surface area contributed by atoms with Crippen LogP contribution in [0.15, 0.2) is 48.5 Å². The topological polar surface area (TPSA) is 38.8 Å². The minimum Gasteiger partial charge on any atom is -0.496 e. The number of likely N-dealkylation sites (tertiary alicyclic amines) is 1. The first-order chi connectivity index (χ1) is 11.7. The number of amides is 1. The Morgan fingerprint density at radius 3 is 2.58 bits per heavy atom. The Bertz CT molecular complexity index is 763. The van der Waals surface area contributed by atoms with Crippen molar-refractivity contribution in [3.05, 3.63) is 65.2 Å². The number of para-hydroxylation sites is 1. The molecule has 0 bridgehead atoms. The van der Waals surface area contributed by atoms with Crippen LogP contribution in [-0.4, -0.2) is 31.0 Å². The fourth-order valence-electron chi connectivity index (χ4n) is 3.86. The van der Waals surface area contributed by atoms with E-state index in [1.807, 2.05) is 29.2 Å². The summed E-state index contributed by atoms with van der Waals surface area (Å²) in [6.07, 6.45) is 1.68. The summed E-state index contributed by atoms with van der Waals surface area (Å²) in [5, 5.41) is 0. The Kier molecular flexibility index (Phi) is 3.77. The van der Waals surface area contributed by atoms with Crippen molar-refractivity contribution in [2.24, 2.45) is 0 Å². The summed E-state index contributed by atoms with van der Waals surface area (Å²) in [6.45, 7) is 2.08. The molecule has 2 heterocycles. The van der Waals surface area contributed by atoms with Crippen LogP contribution in [-0.2, 0) is 16.9 Å². The van der Waals surface area contributed by atoms with E-state index in [0.717, 1.165) is 12.8 Å². The average Bonchev–Trinajstić information content (AvgIpc) is 3.00. The normalized spacial score (nSPS) is 18.5. The highest BCUT2D eigenvalue weighted by Gasteiger charge is 2.43. The van der Waals surface area contributed by atoms with E-state index in [1.54, 1.807) is 7.11 Å². The van der Waals surface area contributed by atoms with Crippen LogP contribution in [0.1, 0.15) is 34.3 Å². The van der Waals surface area contributed by atoms with E-state index >= 15 is 0 Å². The Hall–Kier alpha value is -2.33. The van der Waals surface area contributed by atoms with Gasteiger partial charge in [0.25, 0.3) is 5.91 Å². The van der Waals surface area contributed by atoms with Gasteiger partial charge in [0.2, 0.25) is 0 Å². The zero-order valence-electron chi connectivity index (χ0n) is 13.8. The standard InChI is InChI=1S/C20H21NO3/c1-23-18-9-5-3-7-16(18)19(22)21-12-10-20(11-13-21)17-8-4-2-6-15(17)14-24-20/h2-9H,10-14H2,1H3. The predicted octanol–water partition coefficient (Wildman–Crippen LogP) is 3.36. The summed E-state index contributed by atoms with van der Waals surface area (Å²) < 4.78 is 11.5. The van der Waals surface area contributed by atoms with Crippen molar-refractivity contribution < 1.29 is 14.3 Å². The van der Waals surface area contributed by atoms with Crippen LogP contribution in [0.5, 0.6) is 5.75 Å². The lowest BCUT2D eigenvalue weighted by Crippen LogP contribution is -2.45. The minimum atomic E-state index is -0.214. The van der Waals surface area contributed by atoms with Gasteiger partial charge in [0.05, 0.1) is 24.9 Å². The second-order valence-electron chi connectivity index (χ2n) is 6.43. The molecule has 2 aromatic rings. The number of benzene rings is 2. The second kappa shape index (κ2) is 5.95. The lowest BCUT2D eigenvalue weighted by molar-refractivity contribution is -0.0741. The molecule has 1 saturated heterocycles. The number of ether oxygens (including phenoxy) is 2. The molecule has 2 aliphatic rings. The number of carbonyl (C=O) groups excluding carboxylic acids is 1. The summed E-state index contributed by atoms with van der Waals surface area (Å²) in [5.41, 5.74) is 2.99. The number of carbonyl (C=O) groups is 1. The maximum absolute atomic E-state index is 12.8. The molecule has 24 heavy (non-hydrogen) atoms. The summed E-state index contributed by atoms with van der Waals surface area (Å²) in [6, 6.07) is 15.8. The van der Waals surface area contributed by atoms with Crippen molar-refractivity contribution in [3.8, 4) is 5.75 Å². The molecule has 0 atom stereocenters. The number of hydrogen-bond acceptors (Lipinski definition) is 3. The largest absolute Gasteiger partial charge is 0.496 e. The molecule has 0 aromatic heterocycles. The number of fused-ring (bicyclic) bond motifs is 2. The van der Waals surface area contributed by atoms with Gasteiger partial charge >= 0.3 is 0 Å². The Balaban J connectivity index is 1.52. The van der Waals surface area contributed by atoms with E-state index in [9.17, 15) is 4.79 Å². The van der Waals surface area contributed by atoms with Crippen molar-refractivity contribution in [2.45, 2.75) is 25.0 Å². The van der Waals surface area contributed by atoms with Gasteiger partial charge in [-0.25, -0.2) is 0 Å². The molecule has 4 nitrogen and oxygen atoms in total. The van der Waals surface area contributed by atoms with E-state index in [4.69, 9.17) is 9.47 Å². The third-order valence-electron chi connectivity index (χ3n) is 5.21. The predicted molar refractivity (Wildman–Crippen MR) is 91.0 cm³/mol. The summed E-state index contributed by atoms with van der Waals surface area (Å²) in [4.78, 5) is 14.7. The fraction of sp³-hybridized carbons (Fsp3) is 0.350. The molecule has 2 aromatic carbocycles. The summed E-state index contributed by atoms with van der Waals surface area (Å²) >= 11 is 0. The highest BCUT2D eigenvalue weighted by Crippen LogP contribution is 2.44. The maximum Gasteiger partial charge on any atom is 0.257 e. The fourth-order valence-corrected chi connectivity index (χ4v) is 3.86. The molecular weight excluding hydrogens is 302 g/mol. The Morgan fingerprint density at radius 1 is 1.08 bits per heavy atom. The minimum absolute atomic E-state index is 0.0357. The van der Waals surface area contributed by atoms with Crippen LogP contribution in [0.25, 0.3) is 0 Å². The monoisotopic (exact) mass is 323 g/mol. The van der Waals surface area contributed by atoms with E-state index in [0.29, 0.717) is 31.0 Å². The SMILES string of the molecule is COc1ccccc1C(=O)N1CCC2(CC1)OCc1ccccc12. The maximum atomic E-state index is 12.8. The first-order valence-corrected chi connectivity index (χ1v) is 8.38. The van der Waals surface area contributed by atoms with Crippen molar-refractivity contribution in [3.63, 3.8) is 0 Å². The highest BCUT2D eigenvalue weighted by atomic mass is 16.5.